The molecule has 5 nitrogen and oxygen atoms in total. The Morgan fingerprint density at radius 1 is 1.35 bits per heavy atom. The van der Waals surface area contributed by atoms with Crippen LogP contribution in [0.15, 0.2) is 35.7 Å². The molecule has 120 valence electrons. The van der Waals surface area contributed by atoms with Gasteiger partial charge in [0.2, 0.25) is 5.91 Å². The highest BCUT2D eigenvalue weighted by Gasteiger charge is 2.26. The molecule has 6 heteroatoms. The number of thiophene rings is 1. The second-order valence-electron chi connectivity index (χ2n) is 5.54. The van der Waals surface area contributed by atoms with Crippen LogP contribution in [0.5, 0.6) is 0 Å². The van der Waals surface area contributed by atoms with E-state index in [4.69, 9.17) is 4.74 Å². The van der Waals surface area contributed by atoms with E-state index in [-0.39, 0.29) is 12.5 Å². The summed E-state index contributed by atoms with van der Waals surface area (Å²) in [7, 11) is 1.33. The summed E-state index contributed by atoms with van der Waals surface area (Å²) < 4.78 is 4.72. The van der Waals surface area contributed by atoms with Crippen molar-refractivity contribution >= 4 is 34.6 Å². The van der Waals surface area contributed by atoms with Crippen molar-refractivity contribution in [2.75, 3.05) is 30.4 Å². The van der Waals surface area contributed by atoms with E-state index >= 15 is 0 Å². The Morgan fingerprint density at radius 2 is 2.13 bits per heavy atom. The SMILES string of the molecule is COC(=O)c1sccc1NC(=O)CN1CC(C)c2ccccc21. The first kappa shape index (κ1) is 15.6. The van der Waals surface area contributed by atoms with Crippen LogP contribution in [0.4, 0.5) is 11.4 Å². The van der Waals surface area contributed by atoms with Gasteiger partial charge >= 0.3 is 5.97 Å². The average molecular weight is 330 g/mol. The fourth-order valence-electron chi connectivity index (χ4n) is 2.89. The monoisotopic (exact) mass is 330 g/mol. The molecule has 1 aliphatic heterocycles. The number of fused-ring (bicyclic) bond motifs is 1. The topological polar surface area (TPSA) is 58.6 Å². The van der Waals surface area contributed by atoms with Crippen LogP contribution in [0.3, 0.4) is 0 Å². The number of carbonyl (C=O) groups is 2. The quantitative estimate of drug-likeness (QED) is 0.875. The van der Waals surface area contributed by atoms with E-state index in [9.17, 15) is 9.59 Å². The van der Waals surface area contributed by atoms with Gasteiger partial charge in [-0.05, 0) is 23.1 Å². The molecule has 0 saturated carbocycles. The first-order valence-corrected chi connectivity index (χ1v) is 8.27. The first-order chi connectivity index (χ1) is 11.1. The molecule has 1 aromatic carbocycles. The van der Waals surface area contributed by atoms with Crippen molar-refractivity contribution in [3.8, 4) is 0 Å². The molecule has 1 unspecified atom stereocenters. The largest absolute Gasteiger partial charge is 0.465 e. The highest BCUT2D eigenvalue weighted by Crippen LogP contribution is 2.35. The van der Waals surface area contributed by atoms with Crippen molar-refractivity contribution in [1.29, 1.82) is 0 Å². The second kappa shape index (κ2) is 6.42. The number of hydrogen-bond acceptors (Lipinski definition) is 5. The van der Waals surface area contributed by atoms with Gasteiger partial charge in [0, 0.05) is 18.2 Å². The Balaban J connectivity index is 1.70. The van der Waals surface area contributed by atoms with Gasteiger partial charge in [0.05, 0.1) is 19.3 Å². The van der Waals surface area contributed by atoms with Crippen molar-refractivity contribution in [2.24, 2.45) is 0 Å². The van der Waals surface area contributed by atoms with Gasteiger partial charge in [-0.25, -0.2) is 4.79 Å². The van der Waals surface area contributed by atoms with Crippen molar-refractivity contribution in [3.63, 3.8) is 0 Å². The lowest BCUT2D eigenvalue weighted by atomic mass is 10.0. The summed E-state index contributed by atoms with van der Waals surface area (Å²) in [4.78, 5) is 26.5. The van der Waals surface area contributed by atoms with Crippen LogP contribution in [0.25, 0.3) is 0 Å². The number of benzene rings is 1. The van der Waals surface area contributed by atoms with Gasteiger partial charge in [0.25, 0.3) is 0 Å². The molecule has 2 aromatic rings. The highest BCUT2D eigenvalue weighted by molar-refractivity contribution is 7.12. The molecule has 1 amide bonds. The third-order valence-corrected chi connectivity index (χ3v) is 4.84. The van der Waals surface area contributed by atoms with Gasteiger partial charge in [-0.2, -0.15) is 0 Å². The standard InChI is InChI=1S/C17H18N2O3S/c1-11-9-19(14-6-4-3-5-12(11)14)10-15(20)18-13-7-8-23-16(13)17(21)22-2/h3-8,11H,9-10H2,1-2H3,(H,18,20). The molecule has 0 fully saturated rings. The molecule has 0 radical (unpaired) electrons. The van der Waals surface area contributed by atoms with Gasteiger partial charge in [0.1, 0.15) is 4.88 Å². The van der Waals surface area contributed by atoms with E-state index < -0.39 is 5.97 Å². The lowest BCUT2D eigenvalue weighted by molar-refractivity contribution is -0.115. The number of esters is 1. The molecule has 0 aliphatic carbocycles. The van der Waals surface area contributed by atoms with E-state index in [0.717, 1.165) is 12.2 Å². The summed E-state index contributed by atoms with van der Waals surface area (Å²) in [5, 5.41) is 4.57. The van der Waals surface area contributed by atoms with Crippen LogP contribution < -0.4 is 10.2 Å². The van der Waals surface area contributed by atoms with Crippen LogP contribution in [-0.4, -0.2) is 32.1 Å². The van der Waals surface area contributed by atoms with Gasteiger partial charge in [-0.1, -0.05) is 25.1 Å². The molecule has 0 spiro atoms. The zero-order valence-corrected chi connectivity index (χ0v) is 13.9. The fourth-order valence-corrected chi connectivity index (χ4v) is 3.66. The number of methoxy groups -OCH3 is 1. The predicted octanol–water partition coefficient (Wildman–Crippen LogP) is 3.10. The average Bonchev–Trinajstić information content (AvgIpc) is 3.12. The molecule has 2 heterocycles. The maximum atomic E-state index is 12.3. The van der Waals surface area contributed by atoms with Crippen molar-refractivity contribution in [1.82, 2.24) is 0 Å². The number of hydrogen-bond donors (Lipinski definition) is 1. The fraction of sp³-hybridized carbons (Fsp3) is 0.294. The molecule has 23 heavy (non-hydrogen) atoms. The lowest BCUT2D eigenvalue weighted by Crippen LogP contribution is -2.32. The van der Waals surface area contributed by atoms with E-state index in [1.54, 1.807) is 11.4 Å². The van der Waals surface area contributed by atoms with Crippen LogP contribution in [0.2, 0.25) is 0 Å². The van der Waals surface area contributed by atoms with Crippen molar-refractivity contribution < 1.29 is 14.3 Å². The number of rotatable bonds is 4. The number of para-hydroxylation sites is 1. The van der Waals surface area contributed by atoms with Gasteiger partial charge in [0.15, 0.2) is 0 Å². The normalized spacial score (nSPS) is 16.1. The van der Waals surface area contributed by atoms with Crippen molar-refractivity contribution in [3.05, 3.63) is 46.2 Å². The van der Waals surface area contributed by atoms with Crippen LogP contribution in [0, 0.1) is 0 Å². The second-order valence-corrected chi connectivity index (χ2v) is 6.46. The predicted molar refractivity (Wildman–Crippen MR) is 91.4 cm³/mol. The summed E-state index contributed by atoms with van der Waals surface area (Å²) in [5.74, 6) is -0.168. The lowest BCUT2D eigenvalue weighted by Gasteiger charge is -2.19. The summed E-state index contributed by atoms with van der Waals surface area (Å²) in [5.41, 5.74) is 2.88. The highest BCUT2D eigenvalue weighted by atomic mass is 32.1. The first-order valence-electron chi connectivity index (χ1n) is 7.39. The third kappa shape index (κ3) is 3.07. The van der Waals surface area contributed by atoms with Crippen LogP contribution in [0.1, 0.15) is 28.1 Å². The molecular formula is C17H18N2O3S. The molecule has 0 saturated heterocycles. The molecular weight excluding hydrogens is 312 g/mol. The minimum atomic E-state index is -0.435. The maximum absolute atomic E-state index is 12.3. The Morgan fingerprint density at radius 3 is 2.91 bits per heavy atom. The molecule has 1 aromatic heterocycles. The van der Waals surface area contributed by atoms with Crippen LogP contribution >= 0.6 is 11.3 Å². The number of ether oxygens (including phenoxy) is 1. The molecule has 1 N–H and O–H groups in total. The van der Waals surface area contributed by atoms with E-state index in [2.05, 4.69) is 23.2 Å². The minimum absolute atomic E-state index is 0.141. The van der Waals surface area contributed by atoms with Crippen molar-refractivity contribution in [2.45, 2.75) is 12.8 Å². The Hall–Kier alpha value is -2.34. The van der Waals surface area contributed by atoms with Crippen LogP contribution in [-0.2, 0) is 9.53 Å². The third-order valence-electron chi connectivity index (χ3n) is 3.95. The summed E-state index contributed by atoms with van der Waals surface area (Å²) in [6.45, 7) is 3.24. The summed E-state index contributed by atoms with van der Waals surface area (Å²) in [6.07, 6.45) is 0. The molecule has 1 atom stereocenters. The number of carbonyl (C=O) groups excluding carboxylic acids is 2. The minimum Gasteiger partial charge on any atom is -0.465 e. The Bertz CT molecular complexity index is 741. The smallest absolute Gasteiger partial charge is 0.350 e. The molecule has 0 bridgehead atoms. The summed E-state index contributed by atoms with van der Waals surface area (Å²) >= 11 is 1.25. The van der Waals surface area contributed by atoms with Gasteiger partial charge in [-0.15, -0.1) is 11.3 Å². The molecule has 3 rings (SSSR count). The van der Waals surface area contributed by atoms with E-state index in [1.807, 2.05) is 18.2 Å². The number of nitrogens with one attached hydrogen (secondary N) is 1. The Labute approximate surface area is 138 Å². The summed E-state index contributed by atoms with van der Waals surface area (Å²) in [6, 6.07) is 9.86. The number of nitrogens with zero attached hydrogens (tertiary/aromatic N) is 1. The van der Waals surface area contributed by atoms with Gasteiger partial charge < -0.3 is 15.0 Å². The van der Waals surface area contributed by atoms with E-state index in [1.165, 1.54) is 24.0 Å². The zero-order valence-electron chi connectivity index (χ0n) is 13.0. The number of amides is 1. The van der Waals surface area contributed by atoms with E-state index in [0.29, 0.717) is 16.5 Å². The zero-order chi connectivity index (χ0) is 16.4. The Kier molecular flexibility index (Phi) is 4.34. The van der Waals surface area contributed by atoms with Gasteiger partial charge in [-0.3, -0.25) is 4.79 Å². The molecule has 1 aliphatic rings. The number of anilines is 2. The maximum Gasteiger partial charge on any atom is 0.350 e.